The van der Waals surface area contributed by atoms with E-state index in [1.807, 2.05) is 0 Å². The summed E-state index contributed by atoms with van der Waals surface area (Å²) in [4.78, 5) is 10.9. The number of rotatable bonds is 6. The number of aromatic carboxylic acids is 1. The van der Waals surface area contributed by atoms with E-state index in [2.05, 4.69) is 5.32 Å². The van der Waals surface area contributed by atoms with Crippen LogP contribution in [-0.4, -0.2) is 30.3 Å². The second-order valence-corrected chi connectivity index (χ2v) is 4.23. The van der Waals surface area contributed by atoms with E-state index >= 15 is 0 Å². The lowest BCUT2D eigenvalue weighted by Gasteiger charge is -2.26. The monoisotopic (exact) mass is 235 g/mol. The standard InChI is InChI=1S/C13H17NO3/c15-13(16)11-6-1-2-7-12(11)17-9-8-14-10-4-3-5-10/h1-2,6-7,10,14H,3-5,8-9H2,(H,15,16). The van der Waals surface area contributed by atoms with Gasteiger partial charge in [-0.05, 0) is 25.0 Å². The van der Waals surface area contributed by atoms with Gasteiger partial charge in [-0.15, -0.1) is 0 Å². The lowest BCUT2D eigenvalue weighted by Crippen LogP contribution is -2.37. The van der Waals surface area contributed by atoms with Gasteiger partial charge in [-0.3, -0.25) is 0 Å². The number of benzene rings is 1. The highest BCUT2D eigenvalue weighted by atomic mass is 16.5. The summed E-state index contributed by atoms with van der Waals surface area (Å²) in [6.45, 7) is 1.26. The molecule has 0 atom stereocenters. The lowest BCUT2D eigenvalue weighted by atomic mass is 9.93. The molecule has 92 valence electrons. The normalized spacial score (nSPS) is 15.3. The Balaban J connectivity index is 1.79. The maximum Gasteiger partial charge on any atom is 0.339 e. The van der Waals surface area contributed by atoms with Gasteiger partial charge in [0.1, 0.15) is 17.9 Å². The molecule has 1 aromatic rings. The molecule has 0 radical (unpaired) electrons. The van der Waals surface area contributed by atoms with E-state index in [4.69, 9.17) is 9.84 Å². The first-order valence-electron chi connectivity index (χ1n) is 5.96. The number of carbonyl (C=O) groups is 1. The zero-order valence-electron chi connectivity index (χ0n) is 9.69. The van der Waals surface area contributed by atoms with Crippen molar-refractivity contribution in [1.82, 2.24) is 5.32 Å². The average Bonchev–Trinajstić information content (AvgIpc) is 2.26. The van der Waals surface area contributed by atoms with Crippen LogP contribution in [0.3, 0.4) is 0 Å². The number of hydrogen-bond acceptors (Lipinski definition) is 3. The van der Waals surface area contributed by atoms with Gasteiger partial charge in [-0.25, -0.2) is 4.79 Å². The number of carboxylic acids is 1. The van der Waals surface area contributed by atoms with Crippen LogP contribution in [-0.2, 0) is 0 Å². The summed E-state index contributed by atoms with van der Waals surface area (Å²) >= 11 is 0. The van der Waals surface area contributed by atoms with Crippen molar-refractivity contribution >= 4 is 5.97 Å². The highest BCUT2D eigenvalue weighted by Gasteiger charge is 2.16. The topological polar surface area (TPSA) is 58.6 Å². The molecule has 2 rings (SSSR count). The summed E-state index contributed by atoms with van der Waals surface area (Å²) in [5.74, 6) is -0.511. The van der Waals surface area contributed by atoms with E-state index in [1.165, 1.54) is 19.3 Å². The predicted octanol–water partition coefficient (Wildman–Crippen LogP) is 1.91. The lowest BCUT2D eigenvalue weighted by molar-refractivity contribution is 0.0692. The Labute approximate surface area is 101 Å². The van der Waals surface area contributed by atoms with Crippen molar-refractivity contribution in [2.45, 2.75) is 25.3 Å². The van der Waals surface area contributed by atoms with E-state index < -0.39 is 5.97 Å². The van der Waals surface area contributed by atoms with Crippen LogP contribution in [0.15, 0.2) is 24.3 Å². The van der Waals surface area contributed by atoms with E-state index in [-0.39, 0.29) is 5.56 Å². The van der Waals surface area contributed by atoms with Crippen LogP contribution >= 0.6 is 0 Å². The number of carboxylic acid groups (broad SMARTS) is 1. The Morgan fingerprint density at radius 1 is 1.41 bits per heavy atom. The van der Waals surface area contributed by atoms with Gasteiger partial charge in [0.25, 0.3) is 0 Å². The molecule has 1 fully saturated rings. The molecule has 0 heterocycles. The third-order valence-electron chi connectivity index (χ3n) is 3.02. The molecule has 0 amide bonds. The molecule has 4 heteroatoms. The van der Waals surface area contributed by atoms with Gasteiger partial charge in [0.15, 0.2) is 0 Å². The Morgan fingerprint density at radius 3 is 2.82 bits per heavy atom. The fraction of sp³-hybridized carbons (Fsp3) is 0.462. The van der Waals surface area contributed by atoms with Crippen LogP contribution in [0.4, 0.5) is 0 Å². The minimum Gasteiger partial charge on any atom is -0.491 e. The number of hydrogen-bond donors (Lipinski definition) is 2. The maximum atomic E-state index is 10.9. The van der Waals surface area contributed by atoms with Gasteiger partial charge in [0.05, 0.1) is 0 Å². The summed E-state index contributed by atoms with van der Waals surface area (Å²) in [6.07, 6.45) is 3.79. The molecule has 2 N–H and O–H groups in total. The zero-order valence-corrected chi connectivity index (χ0v) is 9.69. The largest absolute Gasteiger partial charge is 0.491 e. The third kappa shape index (κ3) is 3.20. The van der Waals surface area contributed by atoms with E-state index in [0.717, 1.165) is 6.54 Å². The molecule has 1 aromatic carbocycles. The van der Waals surface area contributed by atoms with Crippen molar-refractivity contribution in [3.05, 3.63) is 29.8 Å². The van der Waals surface area contributed by atoms with Crippen LogP contribution < -0.4 is 10.1 Å². The highest BCUT2D eigenvalue weighted by molar-refractivity contribution is 5.90. The first-order valence-corrected chi connectivity index (χ1v) is 5.96. The summed E-state index contributed by atoms with van der Waals surface area (Å²) in [7, 11) is 0. The second-order valence-electron chi connectivity index (χ2n) is 4.23. The summed E-state index contributed by atoms with van der Waals surface area (Å²) < 4.78 is 5.47. The van der Waals surface area contributed by atoms with E-state index in [1.54, 1.807) is 24.3 Å². The van der Waals surface area contributed by atoms with Crippen molar-refractivity contribution in [3.8, 4) is 5.75 Å². The van der Waals surface area contributed by atoms with Crippen LogP contribution in [0, 0.1) is 0 Å². The Kier molecular flexibility index (Phi) is 3.98. The third-order valence-corrected chi connectivity index (χ3v) is 3.02. The number of ether oxygens (including phenoxy) is 1. The molecule has 0 spiro atoms. The minimum atomic E-state index is -0.951. The van der Waals surface area contributed by atoms with E-state index in [9.17, 15) is 4.79 Å². The van der Waals surface area contributed by atoms with Crippen molar-refractivity contribution in [2.24, 2.45) is 0 Å². The van der Waals surface area contributed by atoms with Crippen LogP contribution in [0.5, 0.6) is 5.75 Å². The summed E-state index contributed by atoms with van der Waals surface area (Å²) in [5.41, 5.74) is 0.219. The Morgan fingerprint density at radius 2 is 2.18 bits per heavy atom. The Bertz CT molecular complexity index is 388. The molecule has 0 aromatic heterocycles. The van der Waals surface area contributed by atoms with Gasteiger partial charge in [-0.2, -0.15) is 0 Å². The van der Waals surface area contributed by atoms with Gasteiger partial charge in [0, 0.05) is 12.6 Å². The fourth-order valence-electron chi connectivity index (χ4n) is 1.81. The van der Waals surface area contributed by atoms with Gasteiger partial charge >= 0.3 is 5.97 Å². The molecule has 4 nitrogen and oxygen atoms in total. The van der Waals surface area contributed by atoms with Crippen LogP contribution in [0.1, 0.15) is 29.6 Å². The van der Waals surface area contributed by atoms with E-state index in [0.29, 0.717) is 18.4 Å². The minimum absolute atomic E-state index is 0.219. The highest BCUT2D eigenvalue weighted by Crippen LogP contribution is 2.19. The predicted molar refractivity (Wildman–Crippen MR) is 64.5 cm³/mol. The van der Waals surface area contributed by atoms with Gasteiger partial charge in [0.2, 0.25) is 0 Å². The van der Waals surface area contributed by atoms with Crippen molar-refractivity contribution in [1.29, 1.82) is 0 Å². The zero-order chi connectivity index (χ0) is 12.1. The molecule has 0 aliphatic heterocycles. The molecule has 1 saturated carbocycles. The number of para-hydroxylation sites is 1. The Hall–Kier alpha value is -1.55. The smallest absolute Gasteiger partial charge is 0.339 e. The molecule has 1 aliphatic rings. The molecular weight excluding hydrogens is 218 g/mol. The molecule has 0 saturated heterocycles. The van der Waals surface area contributed by atoms with Gasteiger partial charge < -0.3 is 15.2 Å². The second kappa shape index (κ2) is 5.68. The fourth-order valence-corrected chi connectivity index (χ4v) is 1.81. The van der Waals surface area contributed by atoms with Gasteiger partial charge in [-0.1, -0.05) is 18.6 Å². The van der Waals surface area contributed by atoms with Crippen molar-refractivity contribution in [2.75, 3.05) is 13.2 Å². The summed E-state index contributed by atoms with van der Waals surface area (Å²) in [5, 5.41) is 12.3. The molecule has 1 aliphatic carbocycles. The first kappa shape index (κ1) is 11.9. The van der Waals surface area contributed by atoms with Crippen LogP contribution in [0.25, 0.3) is 0 Å². The molecule has 0 unspecified atom stereocenters. The quantitative estimate of drug-likeness (QED) is 0.739. The SMILES string of the molecule is O=C(O)c1ccccc1OCCNC1CCC1. The van der Waals surface area contributed by atoms with Crippen molar-refractivity contribution in [3.63, 3.8) is 0 Å². The maximum absolute atomic E-state index is 10.9. The first-order chi connectivity index (χ1) is 8.27. The van der Waals surface area contributed by atoms with Crippen LogP contribution in [0.2, 0.25) is 0 Å². The summed E-state index contributed by atoms with van der Waals surface area (Å²) in [6, 6.07) is 7.35. The van der Waals surface area contributed by atoms with Crippen molar-refractivity contribution < 1.29 is 14.6 Å². The molecular formula is C13H17NO3. The molecule has 17 heavy (non-hydrogen) atoms. The average molecular weight is 235 g/mol. The molecule has 0 bridgehead atoms. The number of nitrogens with one attached hydrogen (secondary N) is 1.